The summed E-state index contributed by atoms with van der Waals surface area (Å²) in [5.41, 5.74) is 4.70. The van der Waals surface area contributed by atoms with Gasteiger partial charge in [-0.05, 0) is 13.8 Å². The van der Waals surface area contributed by atoms with Crippen LogP contribution in [0.15, 0.2) is 17.3 Å². The van der Waals surface area contributed by atoms with Crippen LogP contribution in [-0.2, 0) is 21.3 Å². The smallest absolute Gasteiger partial charge is 0.244 e. The molecular formula is C10H20N4O3S. The Balaban J connectivity index is 2.85. The Morgan fingerprint density at radius 1 is 1.56 bits per heavy atom. The van der Waals surface area contributed by atoms with E-state index in [1.165, 1.54) is 24.2 Å². The number of nitrogens with two attached hydrogens (primary N) is 1. The van der Waals surface area contributed by atoms with Crippen molar-refractivity contribution in [1.29, 1.82) is 0 Å². The summed E-state index contributed by atoms with van der Waals surface area (Å²) in [5.74, 6) is 0. The molecular weight excluding hydrogens is 256 g/mol. The Morgan fingerprint density at radius 2 is 2.22 bits per heavy atom. The normalized spacial score (nSPS) is 12.9. The minimum absolute atomic E-state index is 0.125. The molecule has 8 heteroatoms. The number of nitrogens with zero attached hydrogens (tertiary/aromatic N) is 2. The first-order valence-corrected chi connectivity index (χ1v) is 7.04. The highest BCUT2D eigenvalue weighted by Crippen LogP contribution is 2.12. The number of sulfonamides is 1. The highest BCUT2D eigenvalue weighted by Gasteiger charge is 2.27. The van der Waals surface area contributed by atoms with E-state index in [0.717, 1.165) is 0 Å². The van der Waals surface area contributed by atoms with Gasteiger partial charge in [0.25, 0.3) is 0 Å². The maximum Gasteiger partial charge on any atom is 0.244 e. The molecule has 18 heavy (non-hydrogen) atoms. The van der Waals surface area contributed by atoms with Gasteiger partial charge in [-0.2, -0.15) is 5.10 Å². The van der Waals surface area contributed by atoms with E-state index in [9.17, 15) is 8.42 Å². The van der Waals surface area contributed by atoms with Crippen molar-refractivity contribution in [3.05, 3.63) is 12.4 Å². The predicted octanol–water partition coefficient (Wildman–Crippen LogP) is -0.455. The van der Waals surface area contributed by atoms with Crippen molar-refractivity contribution < 1.29 is 13.2 Å². The van der Waals surface area contributed by atoms with Gasteiger partial charge in [-0.3, -0.25) is 4.68 Å². The zero-order valence-electron chi connectivity index (χ0n) is 10.9. The summed E-state index contributed by atoms with van der Waals surface area (Å²) in [6, 6.07) is 0. The van der Waals surface area contributed by atoms with Gasteiger partial charge >= 0.3 is 0 Å². The van der Waals surface area contributed by atoms with Crippen LogP contribution in [0.25, 0.3) is 0 Å². The molecule has 0 saturated heterocycles. The lowest BCUT2D eigenvalue weighted by molar-refractivity contribution is 0.141. The molecule has 0 amide bonds. The molecule has 0 aliphatic heterocycles. The molecule has 1 aromatic heterocycles. The van der Waals surface area contributed by atoms with Crippen molar-refractivity contribution in [3.8, 4) is 0 Å². The fraction of sp³-hybridized carbons (Fsp3) is 0.700. The Morgan fingerprint density at radius 3 is 2.78 bits per heavy atom. The largest absolute Gasteiger partial charge is 0.383 e. The number of ether oxygens (including phenoxy) is 1. The van der Waals surface area contributed by atoms with E-state index in [1.807, 2.05) is 0 Å². The van der Waals surface area contributed by atoms with Crippen molar-refractivity contribution in [2.45, 2.75) is 30.8 Å². The number of hydrogen-bond acceptors (Lipinski definition) is 5. The third-order valence-corrected chi connectivity index (χ3v) is 3.85. The summed E-state index contributed by atoms with van der Waals surface area (Å²) in [5, 5.41) is 3.93. The molecule has 104 valence electrons. The first kappa shape index (κ1) is 15.1. The van der Waals surface area contributed by atoms with Crippen LogP contribution in [0.1, 0.15) is 13.8 Å². The van der Waals surface area contributed by atoms with Gasteiger partial charge in [0.15, 0.2) is 0 Å². The van der Waals surface area contributed by atoms with E-state index in [0.29, 0.717) is 13.1 Å². The van der Waals surface area contributed by atoms with E-state index >= 15 is 0 Å². The summed E-state index contributed by atoms with van der Waals surface area (Å²) in [7, 11) is -2.07. The molecule has 1 aromatic rings. The van der Waals surface area contributed by atoms with Gasteiger partial charge < -0.3 is 10.5 Å². The monoisotopic (exact) mass is 276 g/mol. The quantitative estimate of drug-likeness (QED) is 0.702. The lowest BCUT2D eigenvalue weighted by Crippen LogP contribution is -2.46. The van der Waals surface area contributed by atoms with Crippen LogP contribution < -0.4 is 10.5 Å². The molecule has 0 bridgehead atoms. The van der Waals surface area contributed by atoms with Gasteiger partial charge in [0.05, 0.1) is 24.9 Å². The fourth-order valence-corrected chi connectivity index (χ4v) is 2.90. The van der Waals surface area contributed by atoms with Crippen molar-refractivity contribution in [2.75, 3.05) is 20.3 Å². The Kier molecular flexibility index (Phi) is 4.85. The van der Waals surface area contributed by atoms with E-state index in [-0.39, 0.29) is 11.5 Å². The van der Waals surface area contributed by atoms with E-state index in [1.54, 1.807) is 13.8 Å². The summed E-state index contributed by atoms with van der Waals surface area (Å²) in [6.07, 6.45) is 2.76. The van der Waals surface area contributed by atoms with E-state index < -0.39 is 15.6 Å². The molecule has 3 N–H and O–H groups in total. The average Bonchev–Trinajstić information content (AvgIpc) is 2.65. The zero-order chi connectivity index (χ0) is 13.8. The van der Waals surface area contributed by atoms with Gasteiger partial charge in [0, 0.05) is 19.9 Å². The SMILES string of the molecule is COCC(C)(C)NS(=O)(=O)c1cnn(CCN)c1. The highest BCUT2D eigenvalue weighted by molar-refractivity contribution is 7.89. The average molecular weight is 276 g/mol. The van der Waals surface area contributed by atoms with E-state index in [2.05, 4.69) is 9.82 Å². The van der Waals surface area contributed by atoms with Crippen LogP contribution in [0.4, 0.5) is 0 Å². The third kappa shape index (κ3) is 4.05. The number of hydrogen-bond donors (Lipinski definition) is 2. The van der Waals surface area contributed by atoms with Crippen LogP contribution in [0, 0.1) is 0 Å². The molecule has 0 aliphatic carbocycles. The van der Waals surface area contributed by atoms with Gasteiger partial charge in [0.2, 0.25) is 10.0 Å². The minimum Gasteiger partial charge on any atom is -0.383 e. The summed E-state index contributed by atoms with van der Waals surface area (Å²) >= 11 is 0. The molecule has 0 unspecified atom stereocenters. The standard InChI is InChI=1S/C10H20N4O3S/c1-10(2,8-17-3)13-18(15,16)9-6-12-14(7-9)5-4-11/h6-7,13H,4-5,8,11H2,1-3H3. The van der Waals surface area contributed by atoms with Crippen molar-refractivity contribution in [1.82, 2.24) is 14.5 Å². The fourth-order valence-electron chi connectivity index (χ4n) is 1.55. The maximum absolute atomic E-state index is 12.1. The molecule has 7 nitrogen and oxygen atoms in total. The topological polar surface area (TPSA) is 99.2 Å². The first-order chi connectivity index (χ1) is 8.30. The Hall–Kier alpha value is -0.960. The lowest BCUT2D eigenvalue weighted by Gasteiger charge is -2.24. The molecule has 0 spiro atoms. The molecule has 0 aliphatic rings. The summed E-state index contributed by atoms with van der Waals surface area (Å²) in [6.45, 7) is 4.67. The maximum atomic E-state index is 12.1. The Labute approximate surface area is 107 Å². The number of rotatable bonds is 7. The van der Waals surface area contributed by atoms with Gasteiger partial charge in [-0.15, -0.1) is 0 Å². The molecule has 1 rings (SSSR count). The molecule has 0 atom stereocenters. The third-order valence-electron chi connectivity index (χ3n) is 2.19. The summed E-state index contributed by atoms with van der Waals surface area (Å²) in [4.78, 5) is 0.125. The van der Waals surface area contributed by atoms with Crippen LogP contribution in [0.2, 0.25) is 0 Å². The van der Waals surface area contributed by atoms with Gasteiger partial charge in [0.1, 0.15) is 4.90 Å². The molecule has 0 aromatic carbocycles. The van der Waals surface area contributed by atoms with Crippen molar-refractivity contribution >= 4 is 10.0 Å². The van der Waals surface area contributed by atoms with Crippen LogP contribution in [0.5, 0.6) is 0 Å². The molecule has 1 heterocycles. The van der Waals surface area contributed by atoms with Crippen LogP contribution in [0.3, 0.4) is 0 Å². The number of methoxy groups -OCH3 is 1. The van der Waals surface area contributed by atoms with Gasteiger partial charge in [-0.1, -0.05) is 0 Å². The Bertz CT molecular complexity index is 481. The second kappa shape index (κ2) is 5.79. The zero-order valence-corrected chi connectivity index (χ0v) is 11.7. The second-order valence-corrected chi connectivity index (χ2v) is 6.33. The molecule has 0 radical (unpaired) electrons. The molecule has 0 fully saturated rings. The van der Waals surface area contributed by atoms with E-state index in [4.69, 9.17) is 10.5 Å². The number of nitrogens with one attached hydrogen (secondary N) is 1. The lowest BCUT2D eigenvalue weighted by atomic mass is 10.1. The number of aromatic nitrogens is 2. The highest BCUT2D eigenvalue weighted by atomic mass is 32.2. The molecule has 0 saturated carbocycles. The minimum atomic E-state index is -3.59. The van der Waals surface area contributed by atoms with Gasteiger partial charge in [-0.25, -0.2) is 13.1 Å². The van der Waals surface area contributed by atoms with Crippen LogP contribution >= 0.6 is 0 Å². The van der Waals surface area contributed by atoms with Crippen LogP contribution in [-0.4, -0.2) is 44.0 Å². The summed E-state index contributed by atoms with van der Waals surface area (Å²) < 4.78 is 33.2. The predicted molar refractivity (Wildman–Crippen MR) is 67.6 cm³/mol. The second-order valence-electron chi connectivity index (χ2n) is 4.65. The first-order valence-electron chi connectivity index (χ1n) is 5.56. The van der Waals surface area contributed by atoms with Crippen molar-refractivity contribution in [2.24, 2.45) is 5.73 Å². The van der Waals surface area contributed by atoms with Crippen molar-refractivity contribution in [3.63, 3.8) is 0 Å².